The first-order chi connectivity index (χ1) is 6.38. The van der Waals surface area contributed by atoms with Gasteiger partial charge in [-0.25, -0.2) is 0 Å². The van der Waals surface area contributed by atoms with Gasteiger partial charge in [0.1, 0.15) is 0 Å². The van der Waals surface area contributed by atoms with Crippen LogP contribution in [0.15, 0.2) is 12.7 Å². The normalized spacial score (nSPS) is 27.8. The maximum atomic E-state index is 5.61. The molecule has 2 heteroatoms. The number of nitrogens with one attached hydrogen (secondary N) is 1. The van der Waals surface area contributed by atoms with Crippen molar-refractivity contribution >= 4 is 0 Å². The van der Waals surface area contributed by atoms with E-state index in [2.05, 4.69) is 18.8 Å². The summed E-state index contributed by atoms with van der Waals surface area (Å²) in [5.41, 5.74) is 0. The minimum absolute atomic E-state index is 0.497. The average molecular weight is 183 g/mol. The molecule has 2 atom stereocenters. The summed E-state index contributed by atoms with van der Waals surface area (Å²) >= 11 is 0. The molecule has 1 saturated heterocycles. The van der Waals surface area contributed by atoms with E-state index >= 15 is 0 Å². The Labute approximate surface area is 81.4 Å². The van der Waals surface area contributed by atoms with Crippen molar-refractivity contribution in [3.63, 3.8) is 0 Å². The van der Waals surface area contributed by atoms with Crippen molar-refractivity contribution in [2.24, 2.45) is 5.92 Å². The fourth-order valence-electron chi connectivity index (χ4n) is 1.87. The standard InChI is InChI=1S/C11H21NO/c1-3-5-7-12-9-10-6-8-13-11(10)4-2/h3,10-12H,1,4-9H2,2H3. The topological polar surface area (TPSA) is 21.3 Å². The Bertz CT molecular complexity index is 147. The molecular formula is C11H21NO. The van der Waals surface area contributed by atoms with Crippen molar-refractivity contribution in [3.05, 3.63) is 12.7 Å². The van der Waals surface area contributed by atoms with Gasteiger partial charge in [0.25, 0.3) is 0 Å². The highest BCUT2D eigenvalue weighted by atomic mass is 16.5. The van der Waals surface area contributed by atoms with E-state index in [1.54, 1.807) is 0 Å². The number of hydrogen-bond donors (Lipinski definition) is 1. The molecule has 0 bridgehead atoms. The third-order valence-corrected chi connectivity index (χ3v) is 2.68. The van der Waals surface area contributed by atoms with Gasteiger partial charge in [0.15, 0.2) is 0 Å². The van der Waals surface area contributed by atoms with Crippen LogP contribution in [0.5, 0.6) is 0 Å². The van der Waals surface area contributed by atoms with Crippen molar-refractivity contribution in [2.45, 2.75) is 32.3 Å². The molecule has 1 fully saturated rings. The van der Waals surface area contributed by atoms with E-state index in [4.69, 9.17) is 4.74 Å². The highest BCUT2D eigenvalue weighted by molar-refractivity contribution is 4.77. The second-order valence-corrected chi connectivity index (χ2v) is 3.65. The Balaban J connectivity index is 2.09. The van der Waals surface area contributed by atoms with E-state index in [0.717, 1.165) is 38.5 Å². The summed E-state index contributed by atoms with van der Waals surface area (Å²) in [4.78, 5) is 0. The first-order valence-electron chi connectivity index (χ1n) is 5.31. The molecule has 0 amide bonds. The van der Waals surface area contributed by atoms with Gasteiger partial charge in [-0.15, -0.1) is 6.58 Å². The highest BCUT2D eigenvalue weighted by Gasteiger charge is 2.25. The van der Waals surface area contributed by atoms with Crippen molar-refractivity contribution in [1.82, 2.24) is 5.32 Å². The first kappa shape index (κ1) is 10.7. The molecule has 0 aromatic carbocycles. The fourth-order valence-corrected chi connectivity index (χ4v) is 1.87. The summed E-state index contributed by atoms with van der Waals surface area (Å²) in [6.45, 7) is 9.00. The van der Waals surface area contributed by atoms with Crippen LogP contribution < -0.4 is 5.32 Å². The SMILES string of the molecule is C=CCCNCC1CCOC1CC. The summed E-state index contributed by atoms with van der Waals surface area (Å²) in [6.07, 6.45) is 5.88. The molecule has 0 aromatic rings. The van der Waals surface area contributed by atoms with Crippen LogP contribution in [-0.4, -0.2) is 25.8 Å². The second-order valence-electron chi connectivity index (χ2n) is 3.65. The van der Waals surface area contributed by atoms with Gasteiger partial charge in [-0.05, 0) is 31.7 Å². The van der Waals surface area contributed by atoms with E-state index in [1.165, 1.54) is 6.42 Å². The smallest absolute Gasteiger partial charge is 0.0613 e. The third kappa shape index (κ3) is 3.49. The van der Waals surface area contributed by atoms with Crippen LogP contribution in [0.25, 0.3) is 0 Å². The summed E-state index contributed by atoms with van der Waals surface area (Å²) in [6, 6.07) is 0. The number of hydrogen-bond acceptors (Lipinski definition) is 2. The molecule has 0 spiro atoms. The zero-order valence-corrected chi connectivity index (χ0v) is 8.59. The van der Waals surface area contributed by atoms with Gasteiger partial charge < -0.3 is 10.1 Å². The van der Waals surface area contributed by atoms with Crippen LogP contribution in [0.3, 0.4) is 0 Å². The van der Waals surface area contributed by atoms with Gasteiger partial charge in [-0.1, -0.05) is 13.0 Å². The Morgan fingerprint density at radius 1 is 1.62 bits per heavy atom. The van der Waals surface area contributed by atoms with Gasteiger partial charge in [-0.3, -0.25) is 0 Å². The molecule has 2 unspecified atom stereocenters. The van der Waals surface area contributed by atoms with E-state index in [1.807, 2.05) is 6.08 Å². The molecule has 0 aromatic heterocycles. The lowest BCUT2D eigenvalue weighted by molar-refractivity contribution is 0.0874. The molecule has 1 rings (SSSR count). The minimum atomic E-state index is 0.497. The van der Waals surface area contributed by atoms with Crippen molar-refractivity contribution < 1.29 is 4.74 Å². The Kier molecular flexibility index (Phi) is 5.09. The molecule has 1 N–H and O–H groups in total. The predicted octanol–water partition coefficient (Wildman–Crippen LogP) is 1.97. The molecule has 0 radical (unpaired) electrons. The molecule has 2 nitrogen and oxygen atoms in total. The highest BCUT2D eigenvalue weighted by Crippen LogP contribution is 2.22. The number of ether oxygens (including phenoxy) is 1. The second kappa shape index (κ2) is 6.17. The van der Waals surface area contributed by atoms with Crippen LogP contribution in [-0.2, 0) is 4.74 Å². The lowest BCUT2D eigenvalue weighted by Gasteiger charge is -2.16. The van der Waals surface area contributed by atoms with Crippen molar-refractivity contribution in [1.29, 1.82) is 0 Å². The van der Waals surface area contributed by atoms with E-state index in [9.17, 15) is 0 Å². The first-order valence-corrected chi connectivity index (χ1v) is 5.31. The third-order valence-electron chi connectivity index (χ3n) is 2.68. The van der Waals surface area contributed by atoms with Crippen molar-refractivity contribution in [2.75, 3.05) is 19.7 Å². The Morgan fingerprint density at radius 3 is 3.15 bits per heavy atom. The quantitative estimate of drug-likeness (QED) is 0.502. The predicted molar refractivity (Wildman–Crippen MR) is 55.8 cm³/mol. The zero-order valence-electron chi connectivity index (χ0n) is 8.59. The molecule has 1 aliphatic heterocycles. The van der Waals surface area contributed by atoms with Crippen molar-refractivity contribution in [3.8, 4) is 0 Å². The lowest BCUT2D eigenvalue weighted by Crippen LogP contribution is -2.28. The van der Waals surface area contributed by atoms with Gasteiger partial charge >= 0.3 is 0 Å². The molecule has 0 saturated carbocycles. The lowest BCUT2D eigenvalue weighted by atomic mass is 10.00. The van der Waals surface area contributed by atoms with Gasteiger partial charge in [-0.2, -0.15) is 0 Å². The monoisotopic (exact) mass is 183 g/mol. The van der Waals surface area contributed by atoms with Gasteiger partial charge in [0.2, 0.25) is 0 Å². The van der Waals surface area contributed by atoms with Crippen LogP contribution in [0.2, 0.25) is 0 Å². The van der Waals surface area contributed by atoms with Crippen LogP contribution >= 0.6 is 0 Å². The maximum Gasteiger partial charge on any atom is 0.0613 e. The van der Waals surface area contributed by atoms with Gasteiger partial charge in [0.05, 0.1) is 6.10 Å². The van der Waals surface area contributed by atoms with E-state index in [-0.39, 0.29) is 0 Å². The molecule has 1 aliphatic rings. The number of rotatable bonds is 6. The average Bonchev–Trinajstić information content (AvgIpc) is 2.60. The molecule has 0 aliphatic carbocycles. The molecule has 13 heavy (non-hydrogen) atoms. The largest absolute Gasteiger partial charge is 0.378 e. The van der Waals surface area contributed by atoms with E-state index in [0.29, 0.717) is 6.10 Å². The van der Waals surface area contributed by atoms with Crippen LogP contribution in [0, 0.1) is 5.92 Å². The van der Waals surface area contributed by atoms with Gasteiger partial charge in [0, 0.05) is 13.2 Å². The van der Waals surface area contributed by atoms with Crippen LogP contribution in [0.1, 0.15) is 26.2 Å². The summed E-state index contributed by atoms with van der Waals surface area (Å²) in [5, 5.41) is 3.44. The molecular weight excluding hydrogens is 162 g/mol. The summed E-state index contributed by atoms with van der Waals surface area (Å²) in [7, 11) is 0. The van der Waals surface area contributed by atoms with Crippen LogP contribution in [0.4, 0.5) is 0 Å². The fraction of sp³-hybridized carbons (Fsp3) is 0.818. The zero-order chi connectivity index (χ0) is 9.52. The summed E-state index contributed by atoms with van der Waals surface area (Å²) < 4.78 is 5.61. The summed E-state index contributed by atoms with van der Waals surface area (Å²) in [5.74, 6) is 0.731. The molecule has 1 heterocycles. The molecule has 76 valence electrons. The Morgan fingerprint density at radius 2 is 2.46 bits per heavy atom. The maximum absolute atomic E-state index is 5.61. The van der Waals surface area contributed by atoms with E-state index < -0.39 is 0 Å². The minimum Gasteiger partial charge on any atom is -0.378 e. The Hall–Kier alpha value is -0.340.